The van der Waals surface area contributed by atoms with Gasteiger partial charge in [-0.2, -0.15) is 9.29 Å². The predicted molar refractivity (Wildman–Crippen MR) is 95.4 cm³/mol. The van der Waals surface area contributed by atoms with E-state index in [1.807, 2.05) is 4.90 Å². The SMILES string of the molecule is COc1cc(N2CCN(S(=O)(=O)c3ccc(F)cc3C)CC2)nc(C)n1. The van der Waals surface area contributed by atoms with Gasteiger partial charge in [0.05, 0.1) is 12.0 Å². The highest BCUT2D eigenvalue weighted by Crippen LogP contribution is 2.24. The molecular formula is C17H21FN4O3S. The fourth-order valence-electron chi connectivity index (χ4n) is 2.99. The number of aromatic nitrogens is 2. The Hall–Kier alpha value is -2.26. The average molecular weight is 380 g/mol. The molecule has 0 saturated carbocycles. The lowest BCUT2D eigenvalue weighted by Gasteiger charge is -2.35. The van der Waals surface area contributed by atoms with Gasteiger partial charge in [-0.1, -0.05) is 0 Å². The summed E-state index contributed by atoms with van der Waals surface area (Å²) in [7, 11) is -2.11. The molecule has 140 valence electrons. The largest absolute Gasteiger partial charge is 0.481 e. The maximum absolute atomic E-state index is 13.3. The summed E-state index contributed by atoms with van der Waals surface area (Å²) in [6.45, 7) is 5.03. The maximum atomic E-state index is 13.3. The molecule has 0 spiro atoms. The lowest BCUT2D eigenvalue weighted by molar-refractivity contribution is 0.380. The lowest BCUT2D eigenvalue weighted by atomic mass is 10.2. The molecule has 1 fully saturated rings. The fraction of sp³-hybridized carbons (Fsp3) is 0.412. The zero-order valence-electron chi connectivity index (χ0n) is 14.9. The van der Waals surface area contributed by atoms with Gasteiger partial charge in [0.2, 0.25) is 15.9 Å². The van der Waals surface area contributed by atoms with Crippen LogP contribution in [0.4, 0.5) is 10.2 Å². The van der Waals surface area contributed by atoms with Crippen LogP contribution in [0.2, 0.25) is 0 Å². The van der Waals surface area contributed by atoms with Gasteiger partial charge in [0, 0.05) is 32.2 Å². The van der Waals surface area contributed by atoms with E-state index in [-0.39, 0.29) is 4.90 Å². The van der Waals surface area contributed by atoms with Gasteiger partial charge >= 0.3 is 0 Å². The molecule has 0 aliphatic carbocycles. The van der Waals surface area contributed by atoms with Crippen LogP contribution >= 0.6 is 0 Å². The normalized spacial score (nSPS) is 15.9. The van der Waals surface area contributed by atoms with Crippen molar-refractivity contribution in [1.29, 1.82) is 0 Å². The molecule has 1 aliphatic heterocycles. The standard InChI is InChI=1S/C17H21FN4O3S/c1-12-10-14(18)4-5-15(12)26(23,24)22-8-6-21(7-9-22)16-11-17(25-3)20-13(2)19-16/h4-5,10-11H,6-9H2,1-3H3. The summed E-state index contributed by atoms with van der Waals surface area (Å²) in [4.78, 5) is 10.7. The van der Waals surface area contributed by atoms with Gasteiger partial charge in [0.25, 0.3) is 0 Å². The quantitative estimate of drug-likeness (QED) is 0.804. The van der Waals surface area contributed by atoms with Crippen LogP contribution in [0, 0.1) is 19.7 Å². The van der Waals surface area contributed by atoms with Gasteiger partial charge in [0.15, 0.2) is 0 Å². The highest BCUT2D eigenvalue weighted by Gasteiger charge is 2.30. The number of hydrogen-bond acceptors (Lipinski definition) is 6. The topological polar surface area (TPSA) is 75.6 Å². The molecule has 3 rings (SSSR count). The number of piperazine rings is 1. The Morgan fingerprint density at radius 2 is 1.77 bits per heavy atom. The van der Waals surface area contributed by atoms with E-state index in [9.17, 15) is 12.8 Å². The van der Waals surface area contributed by atoms with Gasteiger partial charge in [-0.25, -0.2) is 17.8 Å². The predicted octanol–water partition coefficient (Wildman–Crippen LogP) is 1.75. The van der Waals surface area contributed by atoms with Crippen molar-refractivity contribution in [2.24, 2.45) is 0 Å². The Kier molecular flexibility index (Phi) is 5.10. The second kappa shape index (κ2) is 7.16. The van der Waals surface area contributed by atoms with Crippen molar-refractivity contribution in [2.45, 2.75) is 18.7 Å². The van der Waals surface area contributed by atoms with Crippen LogP contribution in [0.3, 0.4) is 0 Å². The number of hydrogen-bond donors (Lipinski definition) is 0. The average Bonchev–Trinajstić information content (AvgIpc) is 2.61. The van der Waals surface area contributed by atoms with Crippen LogP contribution in [0.5, 0.6) is 5.88 Å². The van der Waals surface area contributed by atoms with Crippen LogP contribution in [-0.2, 0) is 10.0 Å². The van der Waals surface area contributed by atoms with Crippen molar-refractivity contribution in [3.8, 4) is 5.88 Å². The number of nitrogens with zero attached hydrogens (tertiary/aromatic N) is 4. The first-order valence-corrected chi connectivity index (χ1v) is 9.66. The Morgan fingerprint density at radius 1 is 1.08 bits per heavy atom. The molecule has 1 aliphatic rings. The van der Waals surface area contributed by atoms with E-state index in [1.165, 1.54) is 22.5 Å². The second-order valence-electron chi connectivity index (χ2n) is 6.12. The van der Waals surface area contributed by atoms with E-state index in [1.54, 1.807) is 27.0 Å². The molecule has 1 saturated heterocycles. The molecule has 0 N–H and O–H groups in total. The Morgan fingerprint density at radius 3 is 2.38 bits per heavy atom. The van der Waals surface area contributed by atoms with Crippen molar-refractivity contribution in [1.82, 2.24) is 14.3 Å². The molecule has 26 heavy (non-hydrogen) atoms. The zero-order chi connectivity index (χ0) is 18.9. The molecule has 1 aromatic carbocycles. The van der Waals surface area contributed by atoms with Gasteiger partial charge in [0.1, 0.15) is 17.5 Å². The number of sulfonamides is 1. The van der Waals surface area contributed by atoms with E-state index >= 15 is 0 Å². The van der Waals surface area contributed by atoms with Gasteiger partial charge in [-0.15, -0.1) is 0 Å². The van der Waals surface area contributed by atoms with E-state index in [4.69, 9.17) is 4.74 Å². The van der Waals surface area contributed by atoms with Gasteiger partial charge < -0.3 is 9.64 Å². The highest BCUT2D eigenvalue weighted by molar-refractivity contribution is 7.89. The van der Waals surface area contributed by atoms with Crippen LogP contribution in [-0.4, -0.2) is 56.0 Å². The van der Waals surface area contributed by atoms with Gasteiger partial charge in [-0.05, 0) is 37.6 Å². The molecular weight excluding hydrogens is 359 g/mol. The molecule has 0 unspecified atom stereocenters. The first kappa shape index (κ1) is 18.5. The molecule has 9 heteroatoms. The van der Waals surface area contributed by atoms with E-state index in [2.05, 4.69) is 9.97 Å². The van der Waals surface area contributed by atoms with Crippen molar-refractivity contribution >= 4 is 15.8 Å². The second-order valence-corrected chi connectivity index (χ2v) is 8.02. The Labute approximate surface area is 152 Å². The lowest BCUT2D eigenvalue weighted by Crippen LogP contribution is -2.49. The number of methoxy groups -OCH3 is 1. The summed E-state index contributed by atoms with van der Waals surface area (Å²) in [5, 5.41) is 0. The number of halogens is 1. The fourth-order valence-corrected chi connectivity index (χ4v) is 4.62. The minimum Gasteiger partial charge on any atom is -0.481 e. The number of benzene rings is 1. The van der Waals surface area contributed by atoms with Crippen LogP contribution in [0.15, 0.2) is 29.2 Å². The minimum atomic E-state index is -3.65. The van der Waals surface area contributed by atoms with Crippen molar-refractivity contribution in [3.05, 3.63) is 41.5 Å². The van der Waals surface area contributed by atoms with Crippen LogP contribution < -0.4 is 9.64 Å². The number of ether oxygens (including phenoxy) is 1. The third kappa shape index (κ3) is 3.63. The van der Waals surface area contributed by atoms with E-state index in [0.717, 1.165) is 0 Å². The van der Waals surface area contributed by atoms with Crippen LogP contribution in [0.25, 0.3) is 0 Å². The van der Waals surface area contributed by atoms with E-state index < -0.39 is 15.8 Å². The molecule has 0 bridgehead atoms. The summed E-state index contributed by atoms with van der Waals surface area (Å²) in [6, 6.07) is 5.47. The third-order valence-electron chi connectivity index (χ3n) is 4.33. The molecule has 2 aromatic rings. The first-order valence-electron chi connectivity index (χ1n) is 8.22. The molecule has 2 heterocycles. The molecule has 0 radical (unpaired) electrons. The number of aryl methyl sites for hydroxylation is 2. The summed E-state index contributed by atoms with van der Waals surface area (Å²) >= 11 is 0. The van der Waals surface area contributed by atoms with Gasteiger partial charge in [-0.3, -0.25) is 0 Å². The summed E-state index contributed by atoms with van der Waals surface area (Å²) in [5.74, 6) is 1.34. The van der Waals surface area contributed by atoms with Crippen molar-refractivity contribution in [2.75, 3.05) is 38.2 Å². The third-order valence-corrected chi connectivity index (χ3v) is 6.39. The highest BCUT2D eigenvalue weighted by atomic mass is 32.2. The summed E-state index contributed by atoms with van der Waals surface area (Å²) < 4.78 is 45.6. The Balaban J connectivity index is 1.76. The number of rotatable bonds is 4. The first-order chi connectivity index (χ1) is 12.3. The molecule has 0 amide bonds. The monoisotopic (exact) mass is 380 g/mol. The van der Waals surface area contributed by atoms with Crippen molar-refractivity contribution < 1.29 is 17.5 Å². The maximum Gasteiger partial charge on any atom is 0.243 e. The number of anilines is 1. The summed E-state index contributed by atoms with van der Waals surface area (Å²) in [6.07, 6.45) is 0. The smallest absolute Gasteiger partial charge is 0.243 e. The minimum absolute atomic E-state index is 0.145. The van der Waals surface area contributed by atoms with Crippen molar-refractivity contribution in [3.63, 3.8) is 0 Å². The van der Waals surface area contributed by atoms with E-state index in [0.29, 0.717) is 49.3 Å². The molecule has 7 nitrogen and oxygen atoms in total. The molecule has 0 atom stereocenters. The molecule has 1 aromatic heterocycles. The zero-order valence-corrected chi connectivity index (χ0v) is 15.8. The van der Waals surface area contributed by atoms with Crippen LogP contribution in [0.1, 0.15) is 11.4 Å². The summed E-state index contributed by atoms with van der Waals surface area (Å²) in [5.41, 5.74) is 0.406. The Bertz CT molecular complexity index is 912.